The van der Waals surface area contributed by atoms with Crippen LogP contribution in [0.25, 0.3) is 0 Å². The van der Waals surface area contributed by atoms with E-state index in [1.807, 2.05) is 0 Å². The summed E-state index contributed by atoms with van der Waals surface area (Å²) < 4.78 is 0. The molecule has 0 aromatic carbocycles. The Morgan fingerprint density at radius 2 is 0.679 bits per heavy atom. The molecule has 2 heteroatoms. The maximum Gasteiger partial charge on any atom is 0.0278 e. The first-order valence-corrected chi connectivity index (χ1v) is 13.2. The fourth-order valence-corrected chi connectivity index (χ4v) is 4.26. The van der Waals surface area contributed by atoms with Gasteiger partial charge in [-0.25, -0.2) is 0 Å². The Labute approximate surface area is 179 Å². The summed E-state index contributed by atoms with van der Waals surface area (Å²) in [5.41, 5.74) is 12.5. The van der Waals surface area contributed by atoms with Gasteiger partial charge in [-0.15, -0.1) is 0 Å². The highest BCUT2D eigenvalue weighted by atomic mass is 14.8. The summed E-state index contributed by atoms with van der Waals surface area (Å²) in [4.78, 5) is 0. The van der Waals surface area contributed by atoms with Gasteiger partial charge in [0.15, 0.2) is 0 Å². The summed E-state index contributed by atoms with van der Waals surface area (Å²) in [6.07, 6.45) is 30.0. The molecule has 0 aliphatic rings. The molecule has 0 unspecified atom stereocenters. The van der Waals surface area contributed by atoms with E-state index in [1.54, 1.807) is 0 Å². The van der Waals surface area contributed by atoms with E-state index in [-0.39, 0.29) is 5.54 Å². The standard InChI is InChI=1S/C26H56N2/c1-3-5-7-9-11-13-15-17-19-21-23-26(28,25-27)24-22-20-18-16-14-12-10-8-6-4-2/h3-25,27-28H2,1-2H3. The van der Waals surface area contributed by atoms with Gasteiger partial charge in [-0.05, 0) is 12.8 Å². The smallest absolute Gasteiger partial charge is 0.0278 e. The molecule has 0 aliphatic carbocycles. The molecule has 28 heavy (non-hydrogen) atoms. The monoisotopic (exact) mass is 396 g/mol. The van der Waals surface area contributed by atoms with Gasteiger partial charge in [0.25, 0.3) is 0 Å². The van der Waals surface area contributed by atoms with E-state index in [0.29, 0.717) is 6.54 Å². The van der Waals surface area contributed by atoms with E-state index in [4.69, 9.17) is 11.5 Å². The van der Waals surface area contributed by atoms with Gasteiger partial charge in [0.2, 0.25) is 0 Å². The Morgan fingerprint density at radius 1 is 0.429 bits per heavy atom. The van der Waals surface area contributed by atoms with Crippen molar-refractivity contribution >= 4 is 0 Å². The molecule has 0 fully saturated rings. The van der Waals surface area contributed by atoms with Gasteiger partial charge in [0.05, 0.1) is 0 Å². The molecule has 0 bridgehead atoms. The Kier molecular flexibility index (Phi) is 21.6. The molecule has 0 saturated heterocycles. The van der Waals surface area contributed by atoms with E-state index < -0.39 is 0 Å². The zero-order chi connectivity index (χ0) is 20.8. The lowest BCUT2D eigenvalue weighted by atomic mass is 9.87. The summed E-state index contributed by atoms with van der Waals surface area (Å²) in [5, 5.41) is 0. The lowest BCUT2D eigenvalue weighted by Crippen LogP contribution is -2.46. The number of hydrogen-bond donors (Lipinski definition) is 2. The summed E-state index contributed by atoms with van der Waals surface area (Å²) >= 11 is 0. The van der Waals surface area contributed by atoms with E-state index in [0.717, 1.165) is 12.8 Å². The van der Waals surface area contributed by atoms with Gasteiger partial charge >= 0.3 is 0 Å². The number of nitrogens with two attached hydrogens (primary N) is 2. The van der Waals surface area contributed by atoms with Gasteiger partial charge in [-0.2, -0.15) is 0 Å². The molecule has 0 saturated carbocycles. The highest BCUT2D eigenvalue weighted by Gasteiger charge is 2.21. The zero-order valence-corrected chi connectivity index (χ0v) is 19.9. The summed E-state index contributed by atoms with van der Waals surface area (Å²) in [6, 6.07) is 0. The maximum atomic E-state index is 6.59. The number of unbranched alkanes of at least 4 members (excludes halogenated alkanes) is 18. The van der Waals surface area contributed by atoms with Crippen LogP contribution in [-0.4, -0.2) is 12.1 Å². The summed E-state index contributed by atoms with van der Waals surface area (Å²) in [6.45, 7) is 5.23. The number of rotatable bonds is 23. The van der Waals surface area contributed by atoms with Crippen LogP contribution in [0.5, 0.6) is 0 Å². The fourth-order valence-electron chi connectivity index (χ4n) is 4.26. The van der Waals surface area contributed by atoms with Crippen LogP contribution >= 0.6 is 0 Å². The average molecular weight is 397 g/mol. The quantitative estimate of drug-likeness (QED) is 0.171. The third-order valence-corrected chi connectivity index (χ3v) is 6.46. The molecule has 0 aliphatic heterocycles. The predicted molar refractivity (Wildman–Crippen MR) is 129 cm³/mol. The molecule has 170 valence electrons. The topological polar surface area (TPSA) is 52.0 Å². The minimum atomic E-state index is -0.0969. The predicted octanol–water partition coefficient (Wildman–Crippen LogP) is 8.26. The van der Waals surface area contributed by atoms with Crippen molar-refractivity contribution in [2.75, 3.05) is 6.54 Å². The van der Waals surface area contributed by atoms with Crippen LogP contribution in [0.3, 0.4) is 0 Å². The van der Waals surface area contributed by atoms with E-state index in [1.165, 1.54) is 128 Å². The third-order valence-electron chi connectivity index (χ3n) is 6.46. The second-order valence-corrected chi connectivity index (χ2v) is 9.43. The average Bonchev–Trinajstić information content (AvgIpc) is 2.71. The Bertz CT molecular complexity index is 266. The van der Waals surface area contributed by atoms with Crippen LogP contribution in [-0.2, 0) is 0 Å². The summed E-state index contributed by atoms with van der Waals surface area (Å²) in [7, 11) is 0. The Balaban J connectivity index is 3.47. The largest absolute Gasteiger partial charge is 0.329 e. The Hall–Kier alpha value is -0.0800. The normalized spacial score (nSPS) is 12.0. The molecule has 0 heterocycles. The zero-order valence-electron chi connectivity index (χ0n) is 19.9. The van der Waals surface area contributed by atoms with Crippen LogP contribution in [0.15, 0.2) is 0 Å². The van der Waals surface area contributed by atoms with Gasteiger partial charge in [0.1, 0.15) is 0 Å². The van der Waals surface area contributed by atoms with Gasteiger partial charge < -0.3 is 11.5 Å². The van der Waals surface area contributed by atoms with Crippen molar-refractivity contribution in [2.45, 2.75) is 161 Å². The molecule has 0 aromatic heterocycles. The molecular formula is C26H56N2. The molecule has 2 nitrogen and oxygen atoms in total. The van der Waals surface area contributed by atoms with Crippen molar-refractivity contribution in [3.63, 3.8) is 0 Å². The molecule has 0 aromatic rings. The lowest BCUT2D eigenvalue weighted by Gasteiger charge is -2.28. The molecule has 4 N–H and O–H groups in total. The number of hydrogen-bond acceptors (Lipinski definition) is 2. The molecule has 0 atom stereocenters. The molecular weight excluding hydrogens is 340 g/mol. The van der Waals surface area contributed by atoms with Crippen molar-refractivity contribution in [3.05, 3.63) is 0 Å². The van der Waals surface area contributed by atoms with Crippen molar-refractivity contribution < 1.29 is 0 Å². The van der Waals surface area contributed by atoms with Crippen molar-refractivity contribution in [1.82, 2.24) is 0 Å². The second-order valence-electron chi connectivity index (χ2n) is 9.43. The van der Waals surface area contributed by atoms with Gasteiger partial charge in [0, 0.05) is 12.1 Å². The van der Waals surface area contributed by atoms with Crippen molar-refractivity contribution in [2.24, 2.45) is 11.5 Å². The molecule has 0 amide bonds. The Morgan fingerprint density at radius 3 is 0.929 bits per heavy atom. The minimum Gasteiger partial charge on any atom is -0.329 e. The van der Waals surface area contributed by atoms with Crippen LogP contribution in [0.1, 0.15) is 155 Å². The first-order chi connectivity index (χ1) is 13.7. The maximum absolute atomic E-state index is 6.59. The first kappa shape index (κ1) is 27.9. The highest BCUT2D eigenvalue weighted by Crippen LogP contribution is 2.21. The molecule has 0 radical (unpaired) electrons. The summed E-state index contributed by atoms with van der Waals surface area (Å²) in [5.74, 6) is 0. The molecule has 0 spiro atoms. The minimum absolute atomic E-state index is 0.0969. The third kappa shape index (κ3) is 19.2. The van der Waals surface area contributed by atoms with Gasteiger partial charge in [-0.3, -0.25) is 0 Å². The first-order valence-electron chi connectivity index (χ1n) is 13.2. The highest BCUT2D eigenvalue weighted by molar-refractivity contribution is 4.84. The van der Waals surface area contributed by atoms with Crippen LogP contribution < -0.4 is 11.5 Å². The van der Waals surface area contributed by atoms with Crippen LogP contribution in [0, 0.1) is 0 Å². The van der Waals surface area contributed by atoms with E-state index in [9.17, 15) is 0 Å². The van der Waals surface area contributed by atoms with E-state index in [2.05, 4.69) is 13.8 Å². The SMILES string of the molecule is CCCCCCCCCCCCC(N)(CN)CCCCCCCCCCCC. The second kappa shape index (κ2) is 21.6. The van der Waals surface area contributed by atoms with Crippen molar-refractivity contribution in [3.8, 4) is 0 Å². The molecule has 0 rings (SSSR count). The van der Waals surface area contributed by atoms with E-state index >= 15 is 0 Å². The van der Waals surface area contributed by atoms with Crippen LogP contribution in [0.4, 0.5) is 0 Å². The fraction of sp³-hybridized carbons (Fsp3) is 1.00. The van der Waals surface area contributed by atoms with Crippen LogP contribution in [0.2, 0.25) is 0 Å². The van der Waals surface area contributed by atoms with Gasteiger partial charge in [-0.1, -0.05) is 142 Å². The lowest BCUT2D eigenvalue weighted by molar-refractivity contribution is 0.342. The van der Waals surface area contributed by atoms with Crippen molar-refractivity contribution in [1.29, 1.82) is 0 Å².